The number of hydrogen-bond acceptors (Lipinski definition) is 2. The van der Waals surface area contributed by atoms with E-state index in [1.807, 2.05) is 12.1 Å². The molecule has 0 aromatic heterocycles. The van der Waals surface area contributed by atoms with Crippen LogP contribution in [0.1, 0.15) is 38.8 Å². The second kappa shape index (κ2) is 4.38. The molecule has 1 aromatic carbocycles. The molecule has 1 N–H and O–H groups in total. The van der Waals surface area contributed by atoms with Crippen molar-refractivity contribution in [2.75, 3.05) is 6.61 Å². The monoisotopic (exact) mass is 294 g/mol. The van der Waals surface area contributed by atoms with Gasteiger partial charge in [0.1, 0.15) is 5.75 Å². The highest BCUT2D eigenvalue weighted by atomic mass is 35.5. The molecule has 1 aliphatic heterocycles. The third-order valence-electron chi connectivity index (χ3n) is 5.77. The maximum atomic E-state index is 10.6. The maximum Gasteiger partial charge on any atom is 0.126 e. The van der Waals surface area contributed by atoms with Gasteiger partial charge in [0.05, 0.1) is 12.7 Å². The zero-order valence-corrected chi connectivity index (χ0v) is 13.4. The molecule has 0 amide bonds. The largest absolute Gasteiger partial charge is 0.493 e. The van der Waals surface area contributed by atoms with Gasteiger partial charge in [-0.05, 0) is 40.0 Å². The first-order valence-corrected chi connectivity index (χ1v) is 7.75. The minimum Gasteiger partial charge on any atom is -0.493 e. The highest BCUT2D eigenvalue weighted by molar-refractivity contribution is 6.30. The first-order valence-electron chi connectivity index (χ1n) is 7.37. The molecule has 0 radical (unpaired) electrons. The lowest BCUT2D eigenvalue weighted by Crippen LogP contribution is -2.18. The molecule has 0 spiro atoms. The number of aliphatic hydroxyl groups excluding tert-OH is 1. The van der Waals surface area contributed by atoms with Gasteiger partial charge in [-0.3, -0.25) is 0 Å². The van der Waals surface area contributed by atoms with E-state index in [1.165, 1.54) is 5.56 Å². The fourth-order valence-electron chi connectivity index (χ4n) is 4.05. The molecular weight excluding hydrogens is 272 g/mol. The Bertz CT molecular complexity index is 534. The SMILES string of the molecule is CC1(C)C(C(O)Cc2cc(Cl)cc3c2OCC3)C1(C)C. The Morgan fingerprint density at radius 2 is 1.95 bits per heavy atom. The predicted molar refractivity (Wildman–Crippen MR) is 81.4 cm³/mol. The van der Waals surface area contributed by atoms with Gasteiger partial charge >= 0.3 is 0 Å². The van der Waals surface area contributed by atoms with E-state index in [0.29, 0.717) is 12.3 Å². The predicted octanol–water partition coefficient (Wildman–Crippen LogP) is 3.86. The first kappa shape index (κ1) is 14.2. The summed E-state index contributed by atoms with van der Waals surface area (Å²) in [5.74, 6) is 1.27. The minimum absolute atomic E-state index is 0.190. The molecule has 3 heteroatoms. The fourth-order valence-corrected chi connectivity index (χ4v) is 4.31. The van der Waals surface area contributed by atoms with Crippen LogP contribution >= 0.6 is 11.6 Å². The van der Waals surface area contributed by atoms with Crippen LogP contribution in [-0.2, 0) is 12.8 Å². The topological polar surface area (TPSA) is 29.5 Å². The van der Waals surface area contributed by atoms with Crippen molar-refractivity contribution in [3.63, 3.8) is 0 Å². The van der Waals surface area contributed by atoms with Crippen LogP contribution in [0.3, 0.4) is 0 Å². The molecule has 110 valence electrons. The summed E-state index contributed by atoms with van der Waals surface area (Å²) in [4.78, 5) is 0. The summed E-state index contributed by atoms with van der Waals surface area (Å²) >= 11 is 6.18. The quantitative estimate of drug-likeness (QED) is 0.917. The molecular formula is C17H23ClO2. The summed E-state index contributed by atoms with van der Waals surface area (Å²) in [7, 11) is 0. The molecule has 1 aliphatic carbocycles. The van der Waals surface area contributed by atoms with E-state index in [0.717, 1.165) is 29.4 Å². The number of hydrogen-bond donors (Lipinski definition) is 1. The van der Waals surface area contributed by atoms with Crippen molar-refractivity contribution in [2.24, 2.45) is 16.7 Å². The number of fused-ring (bicyclic) bond motifs is 1. The van der Waals surface area contributed by atoms with Crippen molar-refractivity contribution in [3.05, 3.63) is 28.3 Å². The summed E-state index contributed by atoms with van der Waals surface area (Å²) in [5, 5.41) is 11.4. The van der Waals surface area contributed by atoms with Gasteiger partial charge in [-0.2, -0.15) is 0 Å². The average molecular weight is 295 g/mol. The molecule has 0 bridgehead atoms. The molecule has 2 nitrogen and oxygen atoms in total. The molecule has 2 aliphatic rings. The molecule has 0 saturated heterocycles. The number of rotatable bonds is 3. The van der Waals surface area contributed by atoms with Gasteiger partial charge in [0.25, 0.3) is 0 Å². The van der Waals surface area contributed by atoms with Crippen LogP contribution in [0.2, 0.25) is 5.02 Å². The van der Waals surface area contributed by atoms with Gasteiger partial charge in [-0.25, -0.2) is 0 Å². The van der Waals surface area contributed by atoms with E-state index in [4.69, 9.17) is 16.3 Å². The van der Waals surface area contributed by atoms with Crippen molar-refractivity contribution >= 4 is 11.6 Å². The Kier molecular flexibility index (Phi) is 3.11. The summed E-state index contributed by atoms with van der Waals surface area (Å²) in [6, 6.07) is 3.92. The lowest BCUT2D eigenvalue weighted by Gasteiger charge is -2.15. The van der Waals surface area contributed by atoms with Crippen molar-refractivity contribution in [2.45, 2.75) is 46.6 Å². The third kappa shape index (κ3) is 1.96. The Morgan fingerprint density at radius 3 is 2.55 bits per heavy atom. The van der Waals surface area contributed by atoms with Crippen LogP contribution < -0.4 is 4.74 Å². The third-order valence-corrected chi connectivity index (χ3v) is 5.99. The second-order valence-corrected chi connectivity index (χ2v) is 7.78. The minimum atomic E-state index is -0.341. The number of aliphatic hydroxyl groups is 1. The summed E-state index contributed by atoms with van der Waals surface area (Å²) in [6.45, 7) is 9.67. The van der Waals surface area contributed by atoms with Crippen LogP contribution in [0.15, 0.2) is 12.1 Å². The van der Waals surface area contributed by atoms with Gasteiger partial charge in [0.15, 0.2) is 0 Å². The normalized spacial score (nSPS) is 24.1. The molecule has 1 fully saturated rings. The lowest BCUT2D eigenvalue weighted by atomic mass is 9.97. The van der Waals surface area contributed by atoms with Crippen LogP contribution in [0, 0.1) is 16.7 Å². The maximum absolute atomic E-state index is 10.6. The molecule has 3 rings (SSSR count). The summed E-state index contributed by atoms with van der Waals surface area (Å²) < 4.78 is 5.72. The van der Waals surface area contributed by atoms with Gasteiger partial charge in [0, 0.05) is 17.9 Å². The van der Waals surface area contributed by atoms with Crippen LogP contribution in [0.4, 0.5) is 0 Å². The molecule has 20 heavy (non-hydrogen) atoms. The van der Waals surface area contributed by atoms with Crippen molar-refractivity contribution < 1.29 is 9.84 Å². The number of benzene rings is 1. The zero-order valence-electron chi connectivity index (χ0n) is 12.7. The van der Waals surface area contributed by atoms with Crippen molar-refractivity contribution in [1.29, 1.82) is 0 Å². The Balaban J connectivity index is 1.83. The van der Waals surface area contributed by atoms with E-state index in [9.17, 15) is 5.11 Å². The van der Waals surface area contributed by atoms with E-state index in [2.05, 4.69) is 27.7 Å². The van der Waals surface area contributed by atoms with E-state index >= 15 is 0 Å². The highest BCUT2D eigenvalue weighted by Crippen LogP contribution is 2.69. The van der Waals surface area contributed by atoms with E-state index in [1.54, 1.807) is 0 Å². The van der Waals surface area contributed by atoms with Crippen molar-refractivity contribution in [3.8, 4) is 5.75 Å². The van der Waals surface area contributed by atoms with Gasteiger partial charge in [-0.15, -0.1) is 0 Å². The zero-order chi connectivity index (χ0) is 14.7. The smallest absolute Gasteiger partial charge is 0.126 e. The second-order valence-electron chi connectivity index (χ2n) is 7.34. The van der Waals surface area contributed by atoms with Crippen molar-refractivity contribution in [1.82, 2.24) is 0 Å². The molecule has 1 atom stereocenters. The van der Waals surface area contributed by atoms with Gasteiger partial charge < -0.3 is 9.84 Å². The molecule has 1 saturated carbocycles. The molecule has 1 unspecified atom stereocenters. The van der Waals surface area contributed by atoms with E-state index < -0.39 is 0 Å². The number of halogens is 1. The Labute approximate surface area is 126 Å². The van der Waals surface area contributed by atoms with Crippen LogP contribution in [0.5, 0.6) is 5.75 Å². The Hall–Kier alpha value is -0.730. The summed E-state index contributed by atoms with van der Waals surface area (Å²) in [6.07, 6.45) is 1.20. The first-order chi connectivity index (χ1) is 9.25. The van der Waals surface area contributed by atoms with Gasteiger partial charge in [0.2, 0.25) is 0 Å². The Morgan fingerprint density at radius 1 is 1.30 bits per heavy atom. The number of ether oxygens (including phenoxy) is 1. The standard InChI is InChI=1S/C17H23ClO2/c1-16(2)15(17(16,3)4)13(19)9-11-8-12(18)7-10-5-6-20-14(10)11/h7-8,13,15,19H,5-6,9H2,1-4H3. The van der Waals surface area contributed by atoms with Gasteiger partial charge in [-0.1, -0.05) is 39.3 Å². The highest BCUT2D eigenvalue weighted by Gasteiger charge is 2.66. The molecule has 1 heterocycles. The summed E-state index contributed by atoms with van der Waals surface area (Å²) in [5.41, 5.74) is 2.61. The fraction of sp³-hybridized carbons (Fsp3) is 0.647. The average Bonchev–Trinajstić information content (AvgIpc) is 2.66. The molecule has 1 aromatic rings. The van der Waals surface area contributed by atoms with E-state index in [-0.39, 0.29) is 16.9 Å². The lowest BCUT2D eigenvalue weighted by molar-refractivity contribution is 0.128. The van der Waals surface area contributed by atoms with Crippen LogP contribution in [-0.4, -0.2) is 17.8 Å². The van der Waals surface area contributed by atoms with Crippen LogP contribution in [0.25, 0.3) is 0 Å².